The van der Waals surface area contributed by atoms with Gasteiger partial charge in [0.2, 0.25) is 0 Å². The number of fused-ring (bicyclic) bond motifs is 1. The summed E-state index contributed by atoms with van der Waals surface area (Å²) in [6.45, 7) is 3.00. The topological polar surface area (TPSA) is 29.5 Å². The average Bonchev–Trinajstić information content (AvgIpc) is 2.62. The third-order valence-electron chi connectivity index (χ3n) is 4.77. The van der Waals surface area contributed by atoms with Gasteiger partial charge in [0.25, 0.3) is 0 Å². The lowest BCUT2D eigenvalue weighted by Crippen LogP contribution is -2.36. The van der Waals surface area contributed by atoms with Crippen LogP contribution in [-0.4, -0.2) is 19.4 Å². The number of hydrogen-bond acceptors (Lipinski definition) is 3. The molecule has 24 heavy (non-hydrogen) atoms. The number of ketones is 1. The summed E-state index contributed by atoms with van der Waals surface area (Å²) in [6, 6.07) is 16.8. The molecule has 0 N–H and O–H groups in total. The molecule has 1 heterocycles. The second-order valence-corrected chi connectivity index (χ2v) is 6.35. The van der Waals surface area contributed by atoms with Crippen molar-refractivity contribution in [3.63, 3.8) is 0 Å². The maximum absolute atomic E-state index is 12.4. The van der Waals surface area contributed by atoms with Gasteiger partial charge in [-0.05, 0) is 48.2 Å². The van der Waals surface area contributed by atoms with E-state index >= 15 is 0 Å². The quantitative estimate of drug-likeness (QED) is 0.780. The van der Waals surface area contributed by atoms with Crippen molar-refractivity contribution in [2.24, 2.45) is 0 Å². The van der Waals surface area contributed by atoms with Gasteiger partial charge in [0.1, 0.15) is 11.5 Å². The third-order valence-corrected chi connectivity index (χ3v) is 4.77. The van der Waals surface area contributed by atoms with Crippen LogP contribution in [0, 0.1) is 0 Å². The molecule has 2 aromatic rings. The van der Waals surface area contributed by atoms with Crippen LogP contribution in [0.2, 0.25) is 0 Å². The van der Waals surface area contributed by atoms with Crippen LogP contribution in [-0.2, 0) is 11.2 Å². The van der Waals surface area contributed by atoms with Gasteiger partial charge >= 0.3 is 0 Å². The first-order chi connectivity index (χ1) is 11.7. The fourth-order valence-corrected chi connectivity index (χ4v) is 3.55. The van der Waals surface area contributed by atoms with E-state index in [1.807, 2.05) is 12.1 Å². The Morgan fingerprint density at radius 3 is 2.62 bits per heavy atom. The summed E-state index contributed by atoms with van der Waals surface area (Å²) in [4.78, 5) is 14.7. The van der Waals surface area contributed by atoms with Crippen molar-refractivity contribution in [2.75, 3.05) is 18.6 Å². The highest BCUT2D eigenvalue weighted by atomic mass is 16.5. The number of rotatable bonds is 6. The number of carbonyl (C=O) groups excluding carboxylic acids is 1. The molecule has 0 radical (unpaired) electrons. The Bertz CT molecular complexity index is 693. The summed E-state index contributed by atoms with van der Waals surface area (Å²) in [7, 11) is 1.68. The molecule has 0 aromatic heterocycles. The average molecular weight is 323 g/mol. The van der Waals surface area contributed by atoms with Gasteiger partial charge in [0, 0.05) is 25.1 Å². The van der Waals surface area contributed by atoms with Crippen molar-refractivity contribution in [2.45, 2.75) is 38.6 Å². The largest absolute Gasteiger partial charge is 0.497 e. The summed E-state index contributed by atoms with van der Waals surface area (Å²) >= 11 is 0. The highest BCUT2D eigenvalue weighted by Gasteiger charge is 2.28. The first-order valence-electron chi connectivity index (χ1n) is 8.73. The Balaban J connectivity index is 1.92. The van der Waals surface area contributed by atoms with Gasteiger partial charge in [-0.2, -0.15) is 0 Å². The number of nitrogens with zero attached hydrogens (tertiary/aromatic N) is 1. The van der Waals surface area contributed by atoms with E-state index in [0.717, 1.165) is 30.8 Å². The van der Waals surface area contributed by atoms with Crippen molar-refractivity contribution in [3.8, 4) is 5.75 Å². The molecule has 1 unspecified atom stereocenters. The van der Waals surface area contributed by atoms with Gasteiger partial charge in [-0.25, -0.2) is 0 Å². The molecule has 126 valence electrons. The van der Waals surface area contributed by atoms with E-state index in [9.17, 15) is 4.79 Å². The van der Waals surface area contributed by atoms with E-state index in [1.54, 1.807) is 7.11 Å². The van der Waals surface area contributed by atoms with Gasteiger partial charge in [-0.3, -0.25) is 4.79 Å². The number of carbonyl (C=O) groups is 1. The Morgan fingerprint density at radius 2 is 1.92 bits per heavy atom. The lowest BCUT2D eigenvalue weighted by atomic mass is 9.88. The minimum absolute atomic E-state index is 0.127. The third kappa shape index (κ3) is 3.45. The van der Waals surface area contributed by atoms with E-state index in [4.69, 9.17) is 4.74 Å². The van der Waals surface area contributed by atoms with Crippen LogP contribution in [0.25, 0.3) is 0 Å². The molecule has 3 heteroatoms. The first-order valence-corrected chi connectivity index (χ1v) is 8.73. The molecule has 1 aliphatic rings. The standard InChI is InChI=1S/C21H25NO2/c1-3-6-18(23)15-21-20-8-5-4-7-16(20)13-14-22(21)17-9-11-19(24-2)12-10-17/h4-5,7-12,21H,3,6,13-15H2,1-2H3. The van der Waals surface area contributed by atoms with E-state index in [-0.39, 0.29) is 6.04 Å². The van der Waals surface area contributed by atoms with Crippen molar-refractivity contribution in [1.29, 1.82) is 0 Å². The summed E-state index contributed by atoms with van der Waals surface area (Å²) in [5, 5.41) is 0. The fourth-order valence-electron chi connectivity index (χ4n) is 3.55. The zero-order chi connectivity index (χ0) is 16.9. The number of hydrogen-bond donors (Lipinski definition) is 0. The number of Topliss-reactive ketones (excluding diaryl/α,β-unsaturated/α-hetero) is 1. The van der Waals surface area contributed by atoms with Crippen LogP contribution in [0.1, 0.15) is 43.4 Å². The predicted molar refractivity (Wildman–Crippen MR) is 97.8 cm³/mol. The molecule has 0 fully saturated rings. The highest BCUT2D eigenvalue weighted by molar-refractivity contribution is 5.80. The Morgan fingerprint density at radius 1 is 1.17 bits per heavy atom. The van der Waals surface area contributed by atoms with Crippen molar-refractivity contribution in [1.82, 2.24) is 0 Å². The van der Waals surface area contributed by atoms with Crippen LogP contribution in [0.4, 0.5) is 5.69 Å². The molecular formula is C21H25NO2. The van der Waals surface area contributed by atoms with Gasteiger partial charge in [-0.15, -0.1) is 0 Å². The van der Waals surface area contributed by atoms with E-state index in [1.165, 1.54) is 11.1 Å². The van der Waals surface area contributed by atoms with Crippen LogP contribution in [0.15, 0.2) is 48.5 Å². The predicted octanol–water partition coefficient (Wildman–Crippen LogP) is 4.56. The smallest absolute Gasteiger partial charge is 0.135 e. The lowest BCUT2D eigenvalue weighted by molar-refractivity contribution is -0.119. The summed E-state index contributed by atoms with van der Waals surface area (Å²) in [6.07, 6.45) is 3.17. The van der Waals surface area contributed by atoms with Crippen LogP contribution in [0.3, 0.4) is 0 Å². The summed E-state index contributed by atoms with van der Waals surface area (Å²) in [5.74, 6) is 1.20. The first kappa shape index (κ1) is 16.6. The van der Waals surface area contributed by atoms with Crippen LogP contribution < -0.4 is 9.64 Å². The summed E-state index contributed by atoms with van der Waals surface area (Å²) in [5.41, 5.74) is 3.82. The van der Waals surface area contributed by atoms with Gasteiger partial charge in [0.15, 0.2) is 0 Å². The zero-order valence-electron chi connectivity index (χ0n) is 14.5. The number of methoxy groups -OCH3 is 1. The second-order valence-electron chi connectivity index (χ2n) is 6.35. The maximum Gasteiger partial charge on any atom is 0.135 e. The fraction of sp³-hybridized carbons (Fsp3) is 0.381. The van der Waals surface area contributed by atoms with Gasteiger partial charge in [0.05, 0.1) is 13.2 Å². The van der Waals surface area contributed by atoms with E-state index in [2.05, 4.69) is 48.2 Å². The lowest BCUT2D eigenvalue weighted by Gasteiger charge is -2.39. The maximum atomic E-state index is 12.4. The number of benzene rings is 2. The minimum Gasteiger partial charge on any atom is -0.497 e. The molecule has 0 spiro atoms. The van der Waals surface area contributed by atoms with E-state index in [0.29, 0.717) is 18.6 Å². The molecule has 0 aliphatic carbocycles. The molecule has 0 saturated heterocycles. The van der Waals surface area contributed by atoms with Crippen molar-refractivity contribution in [3.05, 3.63) is 59.7 Å². The Hall–Kier alpha value is -2.29. The van der Waals surface area contributed by atoms with Crippen LogP contribution >= 0.6 is 0 Å². The van der Waals surface area contributed by atoms with Gasteiger partial charge < -0.3 is 9.64 Å². The monoisotopic (exact) mass is 323 g/mol. The van der Waals surface area contributed by atoms with Crippen molar-refractivity contribution >= 4 is 11.5 Å². The number of anilines is 1. The summed E-state index contributed by atoms with van der Waals surface area (Å²) < 4.78 is 5.26. The molecule has 0 bridgehead atoms. The molecular weight excluding hydrogens is 298 g/mol. The molecule has 0 saturated carbocycles. The van der Waals surface area contributed by atoms with Gasteiger partial charge in [-0.1, -0.05) is 31.2 Å². The highest BCUT2D eigenvalue weighted by Crippen LogP contribution is 2.36. The molecule has 3 rings (SSSR count). The molecule has 1 atom stereocenters. The Labute approximate surface area is 144 Å². The Kier molecular flexibility index (Phi) is 5.19. The van der Waals surface area contributed by atoms with Crippen molar-refractivity contribution < 1.29 is 9.53 Å². The second kappa shape index (κ2) is 7.52. The number of ether oxygens (including phenoxy) is 1. The van der Waals surface area contributed by atoms with E-state index < -0.39 is 0 Å². The normalized spacial score (nSPS) is 16.6. The molecule has 0 amide bonds. The zero-order valence-corrected chi connectivity index (χ0v) is 14.5. The molecule has 1 aliphatic heterocycles. The molecule has 3 nitrogen and oxygen atoms in total. The molecule has 2 aromatic carbocycles. The minimum atomic E-state index is 0.127. The SMILES string of the molecule is CCCC(=O)CC1c2ccccc2CCN1c1ccc(OC)cc1. The van der Waals surface area contributed by atoms with Crippen LogP contribution in [0.5, 0.6) is 5.75 Å².